The van der Waals surface area contributed by atoms with Crippen LogP contribution in [0.1, 0.15) is 12.5 Å². The summed E-state index contributed by atoms with van der Waals surface area (Å²) in [6, 6.07) is 6.99. The Kier molecular flexibility index (Phi) is 2.53. The van der Waals surface area contributed by atoms with Crippen LogP contribution in [0.15, 0.2) is 36.1 Å². The highest BCUT2D eigenvalue weighted by molar-refractivity contribution is 5.49. The summed E-state index contributed by atoms with van der Waals surface area (Å²) in [4.78, 5) is 0. The van der Waals surface area contributed by atoms with Gasteiger partial charge in [-0.25, -0.2) is 0 Å². The lowest BCUT2D eigenvalue weighted by molar-refractivity contribution is 0.475. The van der Waals surface area contributed by atoms with E-state index in [0.29, 0.717) is 5.75 Å². The molecule has 0 saturated carbocycles. The van der Waals surface area contributed by atoms with Gasteiger partial charge in [-0.3, -0.25) is 0 Å². The van der Waals surface area contributed by atoms with Crippen molar-refractivity contribution >= 4 is 6.08 Å². The van der Waals surface area contributed by atoms with Gasteiger partial charge in [0.25, 0.3) is 0 Å². The zero-order valence-electron chi connectivity index (χ0n) is 6.41. The summed E-state index contributed by atoms with van der Waals surface area (Å²) in [7, 11) is 0. The molecule has 0 saturated heterocycles. The molecule has 0 amide bonds. The summed E-state index contributed by atoms with van der Waals surface area (Å²) in [5.74, 6) is 0.294. The van der Waals surface area contributed by atoms with E-state index >= 15 is 0 Å². The Hall–Kier alpha value is -1.46. The van der Waals surface area contributed by atoms with Crippen LogP contribution in [0.2, 0.25) is 0 Å². The molecular weight excluding hydrogens is 136 g/mol. The first-order valence-electron chi connectivity index (χ1n) is 3.49. The first-order chi connectivity index (χ1) is 5.33. The van der Waals surface area contributed by atoms with Gasteiger partial charge in [-0.05, 0) is 36.8 Å². The van der Waals surface area contributed by atoms with E-state index < -0.39 is 0 Å². The van der Waals surface area contributed by atoms with Crippen molar-refractivity contribution in [1.82, 2.24) is 0 Å². The molecule has 1 heteroatoms. The Labute approximate surface area is 66.3 Å². The highest BCUT2D eigenvalue weighted by Gasteiger charge is 1.85. The lowest BCUT2D eigenvalue weighted by atomic mass is 10.2. The van der Waals surface area contributed by atoms with Crippen molar-refractivity contribution in [3.8, 4) is 5.75 Å². The van der Waals surface area contributed by atoms with E-state index in [1.807, 2.05) is 31.2 Å². The largest absolute Gasteiger partial charge is 0.508 e. The van der Waals surface area contributed by atoms with Crippen LogP contribution in [0, 0.1) is 0 Å². The molecule has 0 aliphatic heterocycles. The van der Waals surface area contributed by atoms with Gasteiger partial charge in [-0.1, -0.05) is 12.1 Å². The zero-order chi connectivity index (χ0) is 8.10. The Morgan fingerprint density at radius 3 is 2.45 bits per heavy atom. The second kappa shape index (κ2) is 3.65. The summed E-state index contributed by atoms with van der Waals surface area (Å²) in [5.41, 5.74) is 3.99. The number of hydrogen-bond acceptors (Lipinski definition) is 1. The van der Waals surface area contributed by atoms with Crippen LogP contribution in [0.25, 0.3) is 6.08 Å². The first-order valence-corrected chi connectivity index (χ1v) is 3.49. The summed E-state index contributed by atoms with van der Waals surface area (Å²) in [6.07, 6.45) is 3.70. The maximum Gasteiger partial charge on any atom is 0.115 e. The number of allylic oxidation sites excluding steroid dienone is 1. The minimum atomic E-state index is 0.294. The molecule has 0 unspecified atom stereocenters. The Morgan fingerprint density at radius 2 is 1.91 bits per heavy atom. The van der Waals surface area contributed by atoms with E-state index in [9.17, 15) is 0 Å². The topological polar surface area (TPSA) is 20.2 Å². The van der Waals surface area contributed by atoms with Gasteiger partial charge in [-0.15, -0.1) is 5.73 Å². The van der Waals surface area contributed by atoms with Crippen molar-refractivity contribution in [2.75, 3.05) is 0 Å². The van der Waals surface area contributed by atoms with Gasteiger partial charge in [0.1, 0.15) is 5.75 Å². The molecule has 0 fully saturated rings. The van der Waals surface area contributed by atoms with Crippen LogP contribution in [0.4, 0.5) is 0 Å². The van der Waals surface area contributed by atoms with Crippen molar-refractivity contribution in [3.63, 3.8) is 0 Å². The van der Waals surface area contributed by atoms with Gasteiger partial charge in [-0.2, -0.15) is 0 Å². The molecule has 1 aromatic carbocycles. The van der Waals surface area contributed by atoms with Crippen molar-refractivity contribution < 1.29 is 5.11 Å². The van der Waals surface area contributed by atoms with E-state index in [1.54, 1.807) is 12.1 Å². The van der Waals surface area contributed by atoms with Gasteiger partial charge in [0.2, 0.25) is 0 Å². The summed E-state index contributed by atoms with van der Waals surface area (Å²) in [5, 5.41) is 8.94. The number of rotatable bonds is 1. The second-order valence-corrected chi connectivity index (χ2v) is 2.19. The number of phenols is 1. The van der Waals surface area contributed by atoms with Crippen LogP contribution >= 0.6 is 0 Å². The van der Waals surface area contributed by atoms with Crippen LogP contribution in [-0.2, 0) is 0 Å². The SMILES string of the molecule is CC=C=Cc1ccc(O)cc1. The van der Waals surface area contributed by atoms with Gasteiger partial charge in [0, 0.05) is 0 Å². The number of aromatic hydroxyl groups is 1. The highest BCUT2D eigenvalue weighted by atomic mass is 16.3. The second-order valence-electron chi connectivity index (χ2n) is 2.19. The Balaban J connectivity index is 2.90. The molecule has 0 aromatic heterocycles. The summed E-state index contributed by atoms with van der Waals surface area (Å²) in [6.45, 7) is 1.91. The normalized spacial score (nSPS) is 8.45. The average molecular weight is 146 g/mol. The zero-order valence-corrected chi connectivity index (χ0v) is 6.41. The quantitative estimate of drug-likeness (QED) is 0.604. The fourth-order valence-corrected chi connectivity index (χ4v) is 0.750. The molecule has 1 nitrogen and oxygen atoms in total. The summed E-state index contributed by atoms with van der Waals surface area (Å²) < 4.78 is 0. The van der Waals surface area contributed by atoms with Crippen molar-refractivity contribution in [1.29, 1.82) is 0 Å². The Morgan fingerprint density at radius 1 is 1.27 bits per heavy atom. The summed E-state index contributed by atoms with van der Waals surface area (Å²) >= 11 is 0. The standard InChI is InChI=1S/C10H10O/c1-2-3-4-9-5-7-10(11)8-6-9/h2,4-8,11H,1H3. The van der Waals surface area contributed by atoms with E-state index in [2.05, 4.69) is 5.73 Å². The van der Waals surface area contributed by atoms with Crippen molar-refractivity contribution in [2.45, 2.75) is 6.92 Å². The maximum atomic E-state index is 8.94. The lowest BCUT2D eigenvalue weighted by Gasteiger charge is -1.90. The smallest absolute Gasteiger partial charge is 0.115 e. The molecule has 11 heavy (non-hydrogen) atoms. The molecule has 0 aliphatic carbocycles. The fourth-order valence-electron chi connectivity index (χ4n) is 0.750. The lowest BCUT2D eigenvalue weighted by Crippen LogP contribution is -1.67. The van der Waals surface area contributed by atoms with E-state index in [1.165, 1.54) is 0 Å². The molecule has 0 aliphatic rings. The molecule has 1 rings (SSSR count). The average Bonchev–Trinajstić information content (AvgIpc) is 2.04. The van der Waals surface area contributed by atoms with Gasteiger partial charge in [0.15, 0.2) is 0 Å². The first kappa shape index (κ1) is 7.64. The van der Waals surface area contributed by atoms with Crippen LogP contribution in [0.3, 0.4) is 0 Å². The minimum Gasteiger partial charge on any atom is -0.508 e. The van der Waals surface area contributed by atoms with Crippen LogP contribution in [0.5, 0.6) is 5.75 Å². The van der Waals surface area contributed by atoms with E-state index in [4.69, 9.17) is 5.11 Å². The van der Waals surface area contributed by atoms with Gasteiger partial charge in [0.05, 0.1) is 0 Å². The van der Waals surface area contributed by atoms with Crippen molar-refractivity contribution in [2.24, 2.45) is 0 Å². The number of hydrogen-bond donors (Lipinski definition) is 1. The Bertz CT molecular complexity index is 276. The number of phenolic OH excluding ortho intramolecular Hbond substituents is 1. The fraction of sp³-hybridized carbons (Fsp3) is 0.100. The molecule has 0 bridgehead atoms. The number of benzene rings is 1. The molecule has 0 radical (unpaired) electrons. The highest BCUT2D eigenvalue weighted by Crippen LogP contribution is 2.09. The molecular formula is C10H10O. The molecule has 56 valence electrons. The monoisotopic (exact) mass is 146 g/mol. The van der Waals surface area contributed by atoms with Crippen LogP contribution < -0.4 is 0 Å². The van der Waals surface area contributed by atoms with E-state index in [-0.39, 0.29) is 0 Å². The third kappa shape index (κ3) is 2.32. The maximum absolute atomic E-state index is 8.94. The van der Waals surface area contributed by atoms with Crippen LogP contribution in [-0.4, -0.2) is 5.11 Å². The molecule has 1 N–H and O–H groups in total. The van der Waals surface area contributed by atoms with Gasteiger partial charge < -0.3 is 5.11 Å². The minimum absolute atomic E-state index is 0.294. The molecule has 0 spiro atoms. The molecule has 0 atom stereocenters. The third-order valence-corrected chi connectivity index (χ3v) is 1.31. The molecule has 1 aromatic rings. The van der Waals surface area contributed by atoms with E-state index in [0.717, 1.165) is 5.56 Å². The van der Waals surface area contributed by atoms with Crippen molar-refractivity contribution in [3.05, 3.63) is 41.6 Å². The molecule has 0 heterocycles. The predicted molar refractivity (Wildman–Crippen MR) is 46.3 cm³/mol. The van der Waals surface area contributed by atoms with Gasteiger partial charge >= 0.3 is 0 Å². The third-order valence-electron chi connectivity index (χ3n) is 1.31. The predicted octanol–water partition coefficient (Wildman–Crippen LogP) is 2.58.